The Morgan fingerprint density at radius 3 is 2.62 bits per heavy atom. The molecule has 3 aromatic rings. The second-order valence-corrected chi connectivity index (χ2v) is 11.2. The molecule has 2 aliphatic rings. The summed E-state index contributed by atoms with van der Waals surface area (Å²) < 4.78 is 5.35. The smallest absolute Gasteiger partial charge is 0.146 e. The fourth-order valence-corrected chi connectivity index (χ4v) is 6.56. The summed E-state index contributed by atoms with van der Waals surface area (Å²) in [6, 6.07) is 8.63. The molecular formula is C27H37N5OS. The van der Waals surface area contributed by atoms with Gasteiger partial charge in [-0.25, -0.2) is 9.97 Å². The lowest BCUT2D eigenvalue weighted by molar-refractivity contribution is 0.181. The molecular weight excluding hydrogens is 442 g/mol. The molecule has 1 aromatic carbocycles. The van der Waals surface area contributed by atoms with Crippen molar-refractivity contribution in [3.63, 3.8) is 0 Å². The van der Waals surface area contributed by atoms with Crippen LogP contribution in [-0.4, -0.2) is 60.6 Å². The number of rotatable bonds is 8. The van der Waals surface area contributed by atoms with E-state index in [-0.39, 0.29) is 6.04 Å². The van der Waals surface area contributed by atoms with E-state index in [0.717, 1.165) is 60.7 Å². The molecule has 7 heteroatoms. The molecule has 0 amide bonds. The molecule has 2 aromatic heterocycles. The first-order chi connectivity index (χ1) is 16.5. The van der Waals surface area contributed by atoms with Crippen LogP contribution in [0, 0.1) is 5.92 Å². The number of ether oxygens (including phenoxy) is 1. The third kappa shape index (κ3) is 4.92. The maximum atomic E-state index is 5.35. The molecule has 0 unspecified atom stereocenters. The summed E-state index contributed by atoms with van der Waals surface area (Å²) in [6.07, 6.45) is 6.12. The van der Waals surface area contributed by atoms with Crippen molar-refractivity contribution in [2.45, 2.75) is 51.6 Å². The fraction of sp³-hybridized carbons (Fsp3) is 0.556. The predicted molar refractivity (Wildman–Crippen MR) is 141 cm³/mol. The third-order valence-electron chi connectivity index (χ3n) is 7.44. The van der Waals surface area contributed by atoms with Crippen LogP contribution in [0.4, 0.5) is 5.82 Å². The highest BCUT2D eigenvalue weighted by molar-refractivity contribution is 7.19. The number of benzene rings is 1. The highest BCUT2D eigenvalue weighted by atomic mass is 32.1. The predicted octanol–water partition coefficient (Wildman–Crippen LogP) is 5.14. The van der Waals surface area contributed by atoms with E-state index in [0.29, 0.717) is 0 Å². The summed E-state index contributed by atoms with van der Waals surface area (Å²) in [4.78, 5) is 17.6. The van der Waals surface area contributed by atoms with Crippen molar-refractivity contribution >= 4 is 27.4 Å². The number of hydrogen-bond donors (Lipinski definition) is 1. The number of methoxy groups -OCH3 is 1. The fourth-order valence-electron chi connectivity index (χ4n) is 5.28. The summed E-state index contributed by atoms with van der Waals surface area (Å²) in [5.74, 6) is 3.69. The molecule has 182 valence electrons. The number of piperidine rings is 1. The first-order valence-corrected chi connectivity index (χ1v) is 13.4. The normalized spacial score (nSPS) is 17.9. The average Bonchev–Trinajstić information content (AvgIpc) is 3.42. The Bertz CT molecular complexity index is 1120. The van der Waals surface area contributed by atoms with E-state index in [4.69, 9.17) is 14.7 Å². The minimum absolute atomic E-state index is 0.231. The Kier molecular flexibility index (Phi) is 7.04. The number of aromatic nitrogens is 2. The summed E-state index contributed by atoms with van der Waals surface area (Å²) in [5.41, 5.74) is 2.74. The number of thiophene rings is 1. The molecule has 3 heterocycles. The van der Waals surface area contributed by atoms with Gasteiger partial charge in [-0.05, 0) is 88.5 Å². The van der Waals surface area contributed by atoms with Gasteiger partial charge in [-0.15, -0.1) is 11.3 Å². The van der Waals surface area contributed by atoms with Gasteiger partial charge in [-0.1, -0.05) is 19.1 Å². The highest BCUT2D eigenvalue weighted by Crippen LogP contribution is 2.40. The van der Waals surface area contributed by atoms with Gasteiger partial charge < -0.3 is 15.0 Å². The van der Waals surface area contributed by atoms with Crippen LogP contribution in [-0.2, 0) is 19.4 Å². The zero-order valence-corrected chi connectivity index (χ0v) is 21.7. The van der Waals surface area contributed by atoms with Gasteiger partial charge in [-0.2, -0.15) is 0 Å². The maximum absolute atomic E-state index is 5.35. The van der Waals surface area contributed by atoms with Crippen LogP contribution in [0.5, 0.6) is 5.75 Å². The molecule has 1 fully saturated rings. The second kappa shape index (κ2) is 10.2. The van der Waals surface area contributed by atoms with Gasteiger partial charge in [0.15, 0.2) is 0 Å². The molecule has 6 nitrogen and oxygen atoms in total. The Morgan fingerprint density at radius 1 is 1.15 bits per heavy atom. The Labute approximate surface area is 207 Å². The van der Waals surface area contributed by atoms with Gasteiger partial charge in [-0.3, -0.25) is 4.90 Å². The summed E-state index contributed by atoms with van der Waals surface area (Å²) in [5, 5.41) is 5.03. The quantitative estimate of drug-likeness (QED) is 0.483. The van der Waals surface area contributed by atoms with Crippen molar-refractivity contribution in [2.75, 3.05) is 46.2 Å². The number of fused-ring (bicyclic) bond motifs is 3. The lowest BCUT2D eigenvalue weighted by Gasteiger charge is -2.29. The van der Waals surface area contributed by atoms with Gasteiger partial charge in [0, 0.05) is 11.4 Å². The topological polar surface area (TPSA) is 53.5 Å². The lowest BCUT2D eigenvalue weighted by atomic mass is 9.99. The van der Waals surface area contributed by atoms with E-state index in [1.807, 2.05) is 23.5 Å². The van der Waals surface area contributed by atoms with E-state index < -0.39 is 0 Å². The zero-order valence-electron chi connectivity index (χ0n) is 20.9. The number of nitrogens with zero attached hydrogens (tertiary/aromatic N) is 4. The highest BCUT2D eigenvalue weighted by Gasteiger charge is 2.24. The third-order valence-corrected chi connectivity index (χ3v) is 8.62. The minimum atomic E-state index is 0.231. The molecule has 0 spiro atoms. The van der Waals surface area contributed by atoms with Crippen molar-refractivity contribution in [3.8, 4) is 5.75 Å². The first kappa shape index (κ1) is 23.5. The number of likely N-dealkylation sites (N-methyl/N-ethyl adjacent to an activating group) is 1. The molecule has 1 N–H and O–H groups in total. The van der Waals surface area contributed by atoms with E-state index in [2.05, 4.69) is 48.3 Å². The van der Waals surface area contributed by atoms with Crippen LogP contribution < -0.4 is 10.1 Å². The molecule has 0 bridgehead atoms. The minimum Gasteiger partial charge on any atom is -0.497 e. The van der Waals surface area contributed by atoms with Gasteiger partial charge in [0.1, 0.15) is 22.2 Å². The number of anilines is 1. The van der Waals surface area contributed by atoms with Gasteiger partial charge in [0.2, 0.25) is 0 Å². The molecule has 5 rings (SSSR count). The van der Waals surface area contributed by atoms with Crippen molar-refractivity contribution in [1.29, 1.82) is 0 Å². The van der Waals surface area contributed by atoms with Crippen LogP contribution in [0.3, 0.4) is 0 Å². The number of likely N-dealkylation sites (tertiary alicyclic amines) is 1. The van der Waals surface area contributed by atoms with E-state index in [1.165, 1.54) is 47.1 Å². The second-order valence-electron chi connectivity index (χ2n) is 10.1. The maximum Gasteiger partial charge on any atom is 0.146 e. The van der Waals surface area contributed by atoms with Crippen LogP contribution in [0.15, 0.2) is 24.3 Å². The first-order valence-electron chi connectivity index (χ1n) is 12.6. The standard InChI is InChI=1S/C27H37N5OS/c1-18-12-14-32(15-13-18)17-24-29-26(25-21-6-5-7-23(21)34-27(25)30-24)28-16-22(31(2)3)19-8-10-20(33-4)11-9-19/h8-11,18,22H,5-7,12-17H2,1-4H3,(H,28,29,30)/t22-/m1/s1. The SMILES string of the molecule is COc1ccc([C@@H](CNc2nc(CN3CCC(C)CC3)nc3sc4c(c23)CCC4)N(C)C)cc1. The Hall–Kier alpha value is -2.22. The lowest BCUT2D eigenvalue weighted by Crippen LogP contribution is -2.33. The monoisotopic (exact) mass is 479 g/mol. The van der Waals surface area contributed by atoms with E-state index in [1.54, 1.807) is 7.11 Å². The Balaban J connectivity index is 1.42. The summed E-state index contributed by atoms with van der Waals surface area (Å²) >= 11 is 1.88. The van der Waals surface area contributed by atoms with Crippen molar-refractivity contribution in [3.05, 3.63) is 46.1 Å². The summed E-state index contributed by atoms with van der Waals surface area (Å²) in [6.45, 7) is 6.28. The summed E-state index contributed by atoms with van der Waals surface area (Å²) in [7, 11) is 5.98. The zero-order chi connectivity index (χ0) is 23.7. The molecule has 1 saturated heterocycles. The van der Waals surface area contributed by atoms with Crippen molar-refractivity contribution in [1.82, 2.24) is 19.8 Å². The largest absolute Gasteiger partial charge is 0.497 e. The van der Waals surface area contributed by atoms with Crippen LogP contribution in [0.25, 0.3) is 10.2 Å². The van der Waals surface area contributed by atoms with Gasteiger partial charge in [0.05, 0.1) is 25.1 Å². The van der Waals surface area contributed by atoms with Gasteiger partial charge >= 0.3 is 0 Å². The molecule has 0 radical (unpaired) electrons. The van der Waals surface area contributed by atoms with Crippen LogP contribution >= 0.6 is 11.3 Å². The number of aryl methyl sites for hydroxylation is 2. The number of nitrogens with one attached hydrogen (secondary N) is 1. The average molecular weight is 480 g/mol. The molecule has 1 aliphatic carbocycles. The molecule has 1 aliphatic heterocycles. The van der Waals surface area contributed by atoms with E-state index in [9.17, 15) is 0 Å². The van der Waals surface area contributed by atoms with Crippen LogP contribution in [0.1, 0.15) is 54.1 Å². The van der Waals surface area contributed by atoms with Crippen molar-refractivity contribution < 1.29 is 4.74 Å². The number of hydrogen-bond acceptors (Lipinski definition) is 7. The van der Waals surface area contributed by atoms with Crippen LogP contribution in [0.2, 0.25) is 0 Å². The molecule has 1 atom stereocenters. The van der Waals surface area contributed by atoms with Crippen molar-refractivity contribution in [2.24, 2.45) is 5.92 Å². The Morgan fingerprint density at radius 2 is 1.91 bits per heavy atom. The molecule has 34 heavy (non-hydrogen) atoms. The van der Waals surface area contributed by atoms with E-state index >= 15 is 0 Å². The molecule has 0 saturated carbocycles. The van der Waals surface area contributed by atoms with Gasteiger partial charge in [0.25, 0.3) is 0 Å².